The molecule has 0 radical (unpaired) electrons. The van der Waals surface area contributed by atoms with Crippen molar-refractivity contribution in [2.24, 2.45) is 0 Å². The number of esters is 3. The van der Waals surface area contributed by atoms with Crippen molar-refractivity contribution in [3.8, 4) is 0 Å². The number of hydrogen-bond donors (Lipinski definition) is 0. The monoisotopic (exact) mass is 789 g/mol. The third-order valence-corrected chi connectivity index (χ3v) is 10.7. The lowest BCUT2D eigenvalue weighted by Crippen LogP contribution is -2.30. The van der Waals surface area contributed by atoms with Gasteiger partial charge in [0.15, 0.2) is 6.10 Å². The van der Waals surface area contributed by atoms with Crippen LogP contribution in [0.1, 0.15) is 258 Å². The maximum Gasteiger partial charge on any atom is 0.306 e. The zero-order valence-corrected chi connectivity index (χ0v) is 37.4. The number of allylic oxidation sites excluding steroid dienone is 4. The molecule has 0 aromatic rings. The highest BCUT2D eigenvalue weighted by atomic mass is 16.6. The molecule has 1 unspecified atom stereocenters. The van der Waals surface area contributed by atoms with Crippen molar-refractivity contribution in [2.75, 3.05) is 13.2 Å². The number of hydrogen-bond acceptors (Lipinski definition) is 6. The average Bonchev–Trinajstić information content (AvgIpc) is 3.19. The maximum atomic E-state index is 12.7. The first kappa shape index (κ1) is 53.9. The molecule has 0 aliphatic carbocycles. The van der Waals surface area contributed by atoms with Gasteiger partial charge in [-0.25, -0.2) is 0 Å². The molecule has 0 aromatic heterocycles. The van der Waals surface area contributed by atoms with Gasteiger partial charge in [-0.2, -0.15) is 0 Å². The molecular weight excluding hydrogens is 697 g/mol. The van der Waals surface area contributed by atoms with E-state index in [4.69, 9.17) is 14.2 Å². The largest absolute Gasteiger partial charge is 0.462 e. The fourth-order valence-corrected chi connectivity index (χ4v) is 6.95. The molecule has 1 atom stereocenters. The van der Waals surface area contributed by atoms with Crippen molar-refractivity contribution >= 4 is 17.9 Å². The van der Waals surface area contributed by atoms with Gasteiger partial charge in [-0.15, -0.1) is 0 Å². The van der Waals surface area contributed by atoms with E-state index in [2.05, 4.69) is 45.1 Å². The summed E-state index contributed by atoms with van der Waals surface area (Å²) in [4.78, 5) is 37.8. The normalized spacial score (nSPS) is 12.1. The van der Waals surface area contributed by atoms with E-state index in [1.54, 1.807) is 0 Å². The van der Waals surface area contributed by atoms with Crippen molar-refractivity contribution in [1.82, 2.24) is 0 Å². The van der Waals surface area contributed by atoms with E-state index in [9.17, 15) is 14.4 Å². The van der Waals surface area contributed by atoms with Gasteiger partial charge in [0.25, 0.3) is 0 Å². The first-order chi connectivity index (χ1) is 27.5. The van der Waals surface area contributed by atoms with Gasteiger partial charge >= 0.3 is 17.9 Å². The minimum absolute atomic E-state index is 0.0743. The van der Waals surface area contributed by atoms with Crippen molar-refractivity contribution in [3.63, 3.8) is 0 Å². The summed E-state index contributed by atoms with van der Waals surface area (Å²) in [7, 11) is 0. The molecule has 0 aliphatic rings. The Morgan fingerprint density at radius 2 is 0.607 bits per heavy atom. The Labute approximate surface area is 347 Å². The van der Waals surface area contributed by atoms with Crippen LogP contribution >= 0.6 is 0 Å². The van der Waals surface area contributed by atoms with Crippen LogP contribution in [-0.4, -0.2) is 37.2 Å². The molecule has 0 rings (SSSR count). The first-order valence-corrected chi connectivity index (χ1v) is 24.3. The van der Waals surface area contributed by atoms with Gasteiger partial charge in [-0.3, -0.25) is 14.4 Å². The van der Waals surface area contributed by atoms with E-state index in [0.717, 1.165) is 77.0 Å². The lowest BCUT2D eigenvalue weighted by atomic mass is 10.1. The molecule has 6 heteroatoms. The smallest absolute Gasteiger partial charge is 0.306 e. The second-order valence-electron chi connectivity index (χ2n) is 16.4. The maximum absolute atomic E-state index is 12.7. The number of carbonyl (C=O) groups is 3. The highest BCUT2D eigenvalue weighted by Gasteiger charge is 2.19. The molecule has 0 aromatic carbocycles. The summed E-state index contributed by atoms with van der Waals surface area (Å²) in [5.41, 5.74) is 0. The van der Waals surface area contributed by atoms with Crippen LogP contribution in [-0.2, 0) is 28.6 Å². The lowest BCUT2D eigenvalue weighted by Gasteiger charge is -2.18. The summed E-state index contributed by atoms with van der Waals surface area (Å²) in [5.74, 6) is -0.886. The Bertz CT molecular complexity index is 911. The molecule has 6 nitrogen and oxygen atoms in total. The summed E-state index contributed by atoms with van der Waals surface area (Å²) in [6.45, 7) is 6.59. The number of rotatable bonds is 44. The number of carbonyl (C=O) groups excluding carboxylic acids is 3. The Morgan fingerprint density at radius 3 is 0.946 bits per heavy atom. The van der Waals surface area contributed by atoms with Crippen LogP contribution in [0.5, 0.6) is 0 Å². The van der Waals surface area contributed by atoms with Crippen LogP contribution in [0.2, 0.25) is 0 Å². The van der Waals surface area contributed by atoms with Gasteiger partial charge in [0, 0.05) is 19.3 Å². The van der Waals surface area contributed by atoms with Crippen molar-refractivity contribution in [3.05, 3.63) is 24.3 Å². The average molecular weight is 789 g/mol. The Kier molecular flexibility index (Phi) is 43.9. The van der Waals surface area contributed by atoms with E-state index in [1.807, 2.05) is 0 Å². The second-order valence-corrected chi connectivity index (χ2v) is 16.4. The Balaban J connectivity index is 4.33. The molecule has 0 amide bonds. The minimum Gasteiger partial charge on any atom is -0.462 e. The molecule has 56 heavy (non-hydrogen) atoms. The van der Waals surface area contributed by atoms with Gasteiger partial charge in [0.1, 0.15) is 13.2 Å². The van der Waals surface area contributed by atoms with Gasteiger partial charge < -0.3 is 14.2 Å². The second kappa shape index (κ2) is 45.6. The van der Waals surface area contributed by atoms with E-state index in [-0.39, 0.29) is 31.1 Å². The SMILES string of the molecule is CCCC/C=C\CCCCCCCC(=O)OC(COC(=O)CCCCCCC/C=C\CCCCCCCCC)COC(=O)CCCCCCCCCCCCC. The molecule has 0 N–H and O–H groups in total. The standard InChI is InChI=1S/C50H92O6/c1-4-7-10-13-16-19-22-23-24-25-26-29-31-34-37-40-43-49(52)55-46-47(56-50(53)44-41-38-35-32-28-21-18-15-12-9-6-3)45-54-48(51)42-39-36-33-30-27-20-17-14-11-8-5-2/h15,18,24-25,47H,4-14,16-17,19-23,26-46H2,1-3H3/b18-15-,25-24-. The Morgan fingerprint density at radius 1 is 0.339 bits per heavy atom. The molecule has 328 valence electrons. The third-order valence-electron chi connectivity index (χ3n) is 10.7. The number of unbranched alkanes of at least 4 members (excludes halogenated alkanes) is 29. The van der Waals surface area contributed by atoms with Crippen LogP contribution in [0.4, 0.5) is 0 Å². The van der Waals surface area contributed by atoms with Crippen molar-refractivity contribution in [2.45, 2.75) is 264 Å². The molecular formula is C50H92O6. The van der Waals surface area contributed by atoms with Gasteiger partial charge in [-0.1, -0.05) is 199 Å². The summed E-state index contributed by atoms with van der Waals surface area (Å²) in [5, 5.41) is 0. The fourth-order valence-electron chi connectivity index (χ4n) is 6.95. The van der Waals surface area contributed by atoms with Crippen LogP contribution in [0.15, 0.2) is 24.3 Å². The summed E-state index contributed by atoms with van der Waals surface area (Å²) in [6, 6.07) is 0. The molecule has 0 spiro atoms. The van der Waals surface area contributed by atoms with Crippen LogP contribution in [0.25, 0.3) is 0 Å². The highest BCUT2D eigenvalue weighted by molar-refractivity contribution is 5.71. The van der Waals surface area contributed by atoms with E-state index >= 15 is 0 Å². The summed E-state index contributed by atoms with van der Waals surface area (Å²) >= 11 is 0. The highest BCUT2D eigenvalue weighted by Crippen LogP contribution is 2.15. The molecule has 0 heterocycles. The third kappa shape index (κ3) is 43.0. The topological polar surface area (TPSA) is 78.9 Å². The summed E-state index contributed by atoms with van der Waals surface area (Å²) < 4.78 is 16.7. The van der Waals surface area contributed by atoms with Crippen molar-refractivity contribution < 1.29 is 28.6 Å². The van der Waals surface area contributed by atoms with Gasteiger partial charge in [-0.05, 0) is 64.2 Å². The molecule has 0 bridgehead atoms. The van der Waals surface area contributed by atoms with E-state index in [1.165, 1.54) is 141 Å². The Hall–Kier alpha value is -2.11. The number of ether oxygens (including phenoxy) is 3. The van der Waals surface area contributed by atoms with Gasteiger partial charge in [0.05, 0.1) is 0 Å². The summed E-state index contributed by atoms with van der Waals surface area (Å²) in [6.07, 6.45) is 50.1. The van der Waals surface area contributed by atoms with Gasteiger partial charge in [0.2, 0.25) is 0 Å². The van der Waals surface area contributed by atoms with Crippen LogP contribution in [0.3, 0.4) is 0 Å². The predicted molar refractivity (Wildman–Crippen MR) is 238 cm³/mol. The lowest BCUT2D eigenvalue weighted by molar-refractivity contribution is -0.167. The fraction of sp³-hybridized carbons (Fsp3) is 0.860. The molecule has 0 saturated heterocycles. The molecule has 0 fully saturated rings. The predicted octanol–water partition coefficient (Wildman–Crippen LogP) is 15.6. The first-order valence-electron chi connectivity index (χ1n) is 24.3. The zero-order valence-electron chi connectivity index (χ0n) is 37.4. The van der Waals surface area contributed by atoms with Crippen LogP contribution in [0, 0.1) is 0 Å². The van der Waals surface area contributed by atoms with E-state index < -0.39 is 6.10 Å². The minimum atomic E-state index is -0.772. The van der Waals surface area contributed by atoms with Crippen molar-refractivity contribution in [1.29, 1.82) is 0 Å². The van der Waals surface area contributed by atoms with E-state index in [0.29, 0.717) is 19.3 Å². The zero-order chi connectivity index (χ0) is 40.8. The van der Waals surface area contributed by atoms with Crippen LogP contribution < -0.4 is 0 Å². The quantitative estimate of drug-likeness (QED) is 0.0265. The molecule has 0 aliphatic heterocycles. The molecule has 0 saturated carbocycles.